The standard InChI is InChI=1S/C22H26FN2O3P/c1-3-24-11-13-6-4-5-7-16(13)21(22(24)27)25-12-14(8-19(25)26)20-17(23)9-15(28-2)10-18(20)29/h9-11,14H,3-8,12,29H2,1-2H3/t14-/m0/s1. The number of anilines is 1. The smallest absolute Gasteiger partial charge is 0.274 e. The van der Waals surface area contributed by atoms with Gasteiger partial charge in [0.2, 0.25) is 5.91 Å². The number of carbonyl (C=O) groups is 1. The Morgan fingerprint density at radius 1 is 1.24 bits per heavy atom. The second-order valence-electron chi connectivity index (χ2n) is 7.80. The molecule has 2 heterocycles. The van der Waals surface area contributed by atoms with Gasteiger partial charge in [0, 0.05) is 43.3 Å². The van der Waals surface area contributed by atoms with Crippen molar-refractivity contribution < 1.29 is 13.9 Å². The average Bonchev–Trinajstić information content (AvgIpc) is 3.07. The Morgan fingerprint density at radius 3 is 2.69 bits per heavy atom. The molecule has 1 fully saturated rings. The summed E-state index contributed by atoms with van der Waals surface area (Å²) in [6.45, 7) is 2.81. The minimum atomic E-state index is -0.380. The number of rotatable bonds is 4. The number of ether oxygens (including phenoxy) is 1. The summed E-state index contributed by atoms with van der Waals surface area (Å²) >= 11 is 0. The summed E-state index contributed by atoms with van der Waals surface area (Å²) in [5.74, 6) is -0.348. The Balaban J connectivity index is 1.76. The minimum Gasteiger partial charge on any atom is -0.497 e. The first-order valence-corrected chi connectivity index (χ1v) is 10.7. The zero-order valence-electron chi connectivity index (χ0n) is 16.8. The number of amides is 1. The zero-order valence-corrected chi connectivity index (χ0v) is 18.0. The van der Waals surface area contributed by atoms with Crippen LogP contribution in [0.15, 0.2) is 23.1 Å². The quantitative estimate of drug-likeness (QED) is 0.721. The molecule has 0 N–H and O–H groups in total. The van der Waals surface area contributed by atoms with E-state index in [1.165, 1.54) is 13.2 Å². The van der Waals surface area contributed by atoms with E-state index in [1.807, 2.05) is 13.1 Å². The van der Waals surface area contributed by atoms with Crippen LogP contribution in [0.2, 0.25) is 0 Å². The predicted molar refractivity (Wildman–Crippen MR) is 115 cm³/mol. The molecule has 1 amide bonds. The van der Waals surface area contributed by atoms with Crippen molar-refractivity contribution in [3.05, 3.63) is 51.2 Å². The number of hydrogen-bond donors (Lipinski definition) is 0. The largest absolute Gasteiger partial charge is 0.497 e. The van der Waals surface area contributed by atoms with Gasteiger partial charge in [-0.3, -0.25) is 9.59 Å². The lowest BCUT2D eigenvalue weighted by Crippen LogP contribution is -2.36. The van der Waals surface area contributed by atoms with Gasteiger partial charge in [-0.25, -0.2) is 4.39 Å². The van der Waals surface area contributed by atoms with Crippen LogP contribution in [0.1, 0.15) is 48.8 Å². The van der Waals surface area contributed by atoms with Gasteiger partial charge in [-0.2, -0.15) is 0 Å². The number of methoxy groups -OCH3 is 1. The highest BCUT2D eigenvalue weighted by Crippen LogP contribution is 2.36. The molecule has 0 bridgehead atoms. The number of aromatic nitrogens is 1. The Kier molecular flexibility index (Phi) is 5.48. The number of nitrogens with zero attached hydrogens (tertiary/aromatic N) is 2. The molecule has 0 saturated carbocycles. The number of hydrogen-bond acceptors (Lipinski definition) is 3. The molecule has 7 heteroatoms. The first-order valence-electron chi connectivity index (χ1n) is 10.1. The van der Waals surface area contributed by atoms with E-state index in [0.29, 0.717) is 35.4 Å². The van der Waals surface area contributed by atoms with E-state index in [4.69, 9.17) is 4.74 Å². The molecule has 5 nitrogen and oxygen atoms in total. The van der Waals surface area contributed by atoms with Crippen LogP contribution in [0.25, 0.3) is 0 Å². The van der Waals surface area contributed by atoms with Crippen molar-refractivity contribution in [2.75, 3.05) is 18.6 Å². The van der Waals surface area contributed by atoms with E-state index >= 15 is 0 Å². The Morgan fingerprint density at radius 2 is 2.00 bits per heavy atom. The van der Waals surface area contributed by atoms with Crippen LogP contribution in [0.4, 0.5) is 10.1 Å². The van der Waals surface area contributed by atoms with E-state index in [1.54, 1.807) is 15.5 Å². The van der Waals surface area contributed by atoms with Crippen molar-refractivity contribution >= 4 is 26.1 Å². The lowest BCUT2D eigenvalue weighted by molar-refractivity contribution is -0.117. The molecule has 0 radical (unpaired) electrons. The molecular formula is C22H26FN2O3P. The Hall–Kier alpha value is -2.20. The molecule has 1 aliphatic carbocycles. The summed E-state index contributed by atoms with van der Waals surface area (Å²) in [6.07, 6.45) is 5.99. The molecule has 1 unspecified atom stereocenters. The van der Waals surface area contributed by atoms with E-state index in [2.05, 4.69) is 9.24 Å². The highest BCUT2D eigenvalue weighted by Gasteiger charge is 2.37. The van der Waals surface area contributed by atoms with Gasteiger partial charge >= 0.3 is 0 Å². The van der Waals surface area contributed by atoms with Crippen LogP contribution < -0.4 is 20.5 Å². The predicted octanol–water partition coefficient (Wildman–Crippen LogP) is 2.92. The SMILES string of the molecule is CCn1cc2c(c(N3C[C@@H](c4c(F)cc(OC)cc4P)CC3=O)c1=O)CCCC2. The fourth-order valence-electron chi connectivity index (χ4n) is 4.65. The van der Waals surface area contributed by atoms with Gasteiger partial charge in [-0.1, -0.05) is 0 Å². The fourth-order valence-corrected chi connectivity index (χ4v) is 5.18. The molecule has 1 aromatic heterocycles. The summed E-state index contributed by atoms with van der Waals surface area (Å²) in [5, 5.41) is 0.683. The van der Waals surface area contributed by atoms with Gasteiger partial charge in [0.25, 0.3) is 5.56 Å². The highest BCUT2D eigenvalue weighted by molar-refractivity contribution is 7.27. The van der Waals surface area contributed by atoms with Crippen LogP contribution in [0.5, 0.6) is 5.75 Å². The first-order chi connectivity index (χ1) is 13.9. The van der Waals surface area contributed by atoms with Crippen molar-refractivity contribution in [3.63, 3.8) is 0 Å². The van der Waals surface area contributed by atoms with Crippen molar-refractivity contribution in [3.8, 4) is 5.75 Å². The number of aryl methyl sites for hydroxylation is 2. The van der Waals surface area contributed by atoms with Gasteiger partial charge in [0.1, 0.15) is 17.3 Å². The number of pyridine rings is 1. The number of fused-ring (bicyclic) bond motifs is 1. The maximum Gasteiger partial charge on any atom is 0.274 e. The molecule has 29 heavy (non-hydrogen) atoms. The first kappa shape index (κ1) is 20.1. The normalized spacial score (nSPS) is 18.8. The fraction of sp³-hybridized carbons (Fsp3) is 0.455. The second kappa shape index (κ2) is 7.91. The van der Waals surface area contributed by atoms with Gasteiger partial charge in [0.15, 0.2) is 0 Å². The van der Waals surface area contributed by atoms with Crippen LogP contribution in [0.3, 0.4) is 0 Å². The van der Waals surface area contributed by atoms with Gasteiger partial charge < -0.3 is 14.2 Å². The van der Waals surface area contributed by atoms with E-state index < -0.39 is 0 Å². The zero-order chi connectivity index (χ0) is 20.7. The van der Waals surface area contributed by atoms with E-state index in [-0.39, 0.29) is 29.6 Å². The molecule has 1 aliphatic heterocycles. The lowest BCUT2D eigenvalue weighted by atomic mass is 9.91. The van der Waals surface area contributed by atoms with Crippen LogP contribution in [0, 0.1) is 5.82 Å². The number of halogens is 1. The second-order valence-corrected chi connectivity index (χ2v) is 8.42. The third-order valence-corrected chi connectivity index (χ3v) is 6.56. The molecule has 4 rings (SSSR count). The summed E-state index contributed by atoms with van der Waals surface area (Å²) in [7, 11) is 4.04. The van der Waals surface area contributed by atoms with Gasteiger partial charge in [-0.15, -0.1) is 9.24 Å². The maximum atomic E-state index is 14.8. The lowest BCUT2D eigenvalue weighted by Gasteiger charge is -2.26. The van der Waals surface area contributed by atoms with E-state index in [0.717, 1.165) is 36.8 Å². The molecular weight excluding hydrogens is 390 g/mol. The summed E-state index contributed by atoms with van der Waals surface area (Å²) in [5.41, 5.74) is 3.05. The molecule has 2 atom stereocenters. The Labute approximate surface area is 172 Å². The molecule has 2 aromatic rings. The third-order valence-electron chi connectivity index (χ3n) is 6.09. The molecule has 0 spiro atoms. The number of benzene rings is 1. The van der Waals surface area contributed by atoms with Crippen LogP contribution in [-0.2, 0) is 24.2 Å². The topological polar surface area (TPSA) is 51.5 Å². The van der Waals surface area contributed by atoms with Gasteiger partial charge in [0.05, 0.1) is 7.11 Å². The van der Waals surface area contributed by atoms with Crippen LogP contribution in [-0.4, -0.2) is 24.1 Å². The summed E-state index contributed by atoms with van der Waals surface area (Å²) < 4.78 is 21.6. The number of carbonyl (C=O) groups excluding carboxylic acids is 1. The third kappa shape index (κ3) is 3.48. The van der Waals surface area contributed by atoms with Crippen molar-refractivity contribution in [1.29, 1.82) is 0 Å². The molecule has 2 aliphatic rings. The van der Waals surface area contributed by atoms with Crippen molar-refractivity contribution in [1.82, 2.24) is 4.57 Å². The Bertz CT molecular complexity index is 1010. The maximum absolute atomic E-state index is 14.8. The highest BCUT2D eigenvalue weighted by atomic mass is 31.0. The van der Waals surface area contributed by atoms with Gasteiger partial charge in [-0.05, 0) is 55.1 Å². The summed E-state index contributed by atoms with van der Waals surface area (Å²) in [6, 6.07) is 3.11. The van der Waals surface area contributed by atoms with Crippen LogP contribution >= 0.6 is 9.24 Å². The molecule has 1 aromatic carbocycles. The molecule has 1 saturated heterocycles. The monoisotopic (exact) mass is 416 g/mol. The van der Waals surface area contributed by atoms with E-state index in [9.17, 15) is 14.0 Å². The van der Waals surface area contributed by atoms with Crippen molar-refractivity contribution in [2.45, 2.75) is 51.5 Å². The molecule has 154 valence electrons. The van der Waals surface area contributed by atoms with Crippen molar-refractivity contribution in [2.24, 2.45) is 0 Å². The summed E-state index contributed by atoms with van der Waals surface area (Å²) in [4.78, 5) is 27.7. The minimum absolute atomic E-state index is 0.117. The average molecular weight is 416 g/mol.